The van der Waals surface area contributed by atoms with Crippen LogP contribution in [-0.4, -0.2) is 24.7 Å². The zero-order chi connectivity index (χ0) is 14.8. The zero-order valence-electron chi connectivity index (χ0n) is 10.5. The molecule has 2 N–H and O–H groups in total. The summed E-state index contributed by atoms with van der Waals surface area (Å²) in [6, 6.07) is 6.20. The maximum atomic E-state index is 12.3. The molecule has 1 aliphatic rings. The van der Waals surface area contributed by atoms with Crippen LogP contribution in [0.5, 0.6) is 0 Å². The number of benzene rings is 1. The molecule has 1 unspecified atom stereocenters. The second-order valence-corrected chi connectivity index (χ2v) is 6.84. The molecule has 1 aromatic rings. The fraction of sp³-hybridized carbons (Fsp3) is 0.308. The van der Waals surface area contributed by atoms with Crippen molar-refractivity contribution in [2.75, 3.05) is 4.72 Å². The van der Waals surface area contributed by atoms with E-state index in [-0.39, 0.29) is 5.57 Å². The number of halogens is 1. The molecule has 7 heteroatoms. The summed E-state index contributed by atoms with van der Waals surface area (Å²) in [5.41, 5.74) is 0.308. The average Bonchev–Trinajstić information content (AvgIpc) is 2.41. The Balaban J connectivity index is 2.25. The van der Waals surface area contributed by atoms with Gasteiger partial charge in [-0.1, -0.05) is 17.7 Å². The van der Waals surface area contributed by atoms with Crippen molar-refractivity contribution < 1.29 is 18.3 Å². The monoisotopic (exact) mass is 315 g/mol. The molecule has 0 aliphatic heterocycles. The number of allylic oxidation sites excluding steroid dienone is 1. The number of aliphatic carboxylic acids is 1. The summed E-state index contributed by atoms with van der Waals surface area (Å²) in [6.45, 7) is 0. The molecular weight excluding hydrogens is 302 g/mol. The lowest BCUT2D eigenvalue weighted by Crippen LogP contribution is -2.34. The number of sulfonamides is 1. The van der Waals surface area contributed by atoms with Crippen LogP contribution in [0.15, 0.2) is 35.9 Å². The first-order chi connectivity index (χ1) is 9.40. The van der Waals surface area contributed by atoms with E-state index in [4.69, 9.17) is 16.7 Å². The first kappa shape index (κ1) is 14.9. The maximum absolute atomic E-state index is 12.3. The molecule has 0 fully saturated rings. The fourth-order valence-corrected chi connectivity index (χ4v) is 3.89. The van der Waals surface area contributed by atoms with Gasteiger partial charge in [-0.25, -0.2) is 13.2 Å². The molecular formula is C13H14ClNO4S. The van der Waals surface area contributed by atoms with E-state index in [0.717, 1.165) is 0 Å². The highest BCUT2D eigenvalue weighted by atomic mass is 35.5. The van der Waals surface area contributed by atoms with Crippen molar-refractivity contribution >= 4 is 33.3 Å². The lowest BCUT2D eigenvalue weighted by Gasteiger charge is -2.22. The fourth-order valence-electron chi connectivity index (χ4n) is 2.15. The highest BCUT2D eigenvalue weighted by Crippen LogP contribution is 2.26. The molecule has 1 aromatic carbocycles. The van der Waals surface area contributed by atoms with Gasteiger partial charge in [0.2, 0.25) is 10.0 Å². The summed E-state index contributed by atoms with van der Waals surface area (Å²) in [7, 11) is -3.79. The smallest absolute Gasteiger partial charge is 0.332 e. The van der Waals surface area contributed by atoms with Gasteiger partial charge in [-0.05, 0) is 43.5 Å². The van der Waals surface area contributed by atoms with Gasteiger partial charge in [0.15, 0.2) is 0 Å². The second-order valence-electron chi connectivity index (χ2n) is 4.54. The van der Waals surface area contributed by atoms with Gasteiger partial charge in [-0.3, -0.25) is 4.72 Å². The highest BCUT2D eigenvalue weighted by molar-refractivity contribution is 7.93. The van der Waals surface area contributed by atoms with E-state index >= 15 is 0 Å². The van der Waals surface area contributed by atoms with Gasteiger partial charge in [0.1, 0.15) is 5.25 Å². The summed E-state index contributed by atoms with van der Waals surface area (Å²) >= 11 is 5.73. The third-order valence-corrected chi connectivity index (χ3v) is 5.12. The van der Waals surface area contributed by atoms with Crippen LogP contribution in [-0.2, 0) is 14.8 Å². The van der Waals surface area contributed by atoms with Crippen LogP contribution in [0, 0.1) is 0 Å². The number of anilines is 1. The van der Waals surface area contributed by atoms with E-state index in [1.165, 1.54) is 18.2 Å². The molecule has 0 bridgehead atoms. The van der Waals surface area contributed by atoms with Gasteiger partial charge in [-0.2, -0.15) is 0 Å². The molecule has 0 amide bonds. The van der Waals surface area contributed by atoms with Crippen LogP contribution in [0.2, 0.25) is 5.02 Å². The quantitative estimate of drug-likeness (QED) is 0.894. The summed E-state index contributed by atoms with van der Waals surface area (Å²) in [6.07, 6.45) is 3.04. The molecule has 1 atom stereocenters. The van der Waals surface area contributed by atoms with Crippen molar-refractivity contribution in [2.24, 2.45) is 0 Å². The zero-order valence-corrected chi connectivity index (χ0v) is 12.1. The second kappa shape index (κ2) is 5.85. The molecule has 1 aliphatic carbocycles. The van der Waals surface area contributed by atoms with Crippen LogP contribution in [0.3, 0.4) is 0 Å². The molecule has 0 radical (unpaired) electrons. The number of rotatable bonds is 4. The minimum atomic E-state index is -3.79. The highest BCUT2D eigenvalue weighted by Gasteiger charge is 2.34. The topological polar surface area (TPSA) is 83.5 Å². The average molecular weight is 316 g/mol. The van der Waals surface area contributed by atoms with Crippen LogP contribution < -0.4 is 4.72 Å². The van der Waals surface area contributed by atoms with Gasteiger partial charge in [0, 0.05) is 10.7 Å². The molecule has 0 heterocycles. The predicted molar refractivity (Wildman–Crippen MR) is 77.4 cm³/mol. The van der Waals surface area contributed by atoms with Gasteiger partial charge in [0.25, 0.3) is 0 Å². The van der Waals surface area contributed by atoms with Gasteiger partial charge >= 0.3 is 5.97 Å². The Morgan fingerprint density at radius 1 is 1.30 bits per heavy atom. The summed E-state index contributed by atoms with van der Waals surface area (Å²) in [5, 5.41) is 8.57. The standard InChI is InChI=1S/C13H14ClNO4S/c14-9-5-7-10(8-6-9)15-20(18,19)12-4-2-1-3-11(12)13(16)17/h3,5-8,12,15H,1-2,4H2,(H,16,17). The van der Waals surface area contributed by atoms with Gasteiger partial charge < -0.3 is 5.11 Å². The van der Waals surface area contributed by atoms with Crippen molar-refractivity contribution in [1.82, 2.24) is 0 Å². The van der Waals surface area contributed by atoms with E-state index in [1.807, 2.05) is 0 Å². The number of carboxylic acid groups (broad SMARTS) is 1. The van der Waals surface area contributed by atoms with Crippen molar-refractivity contribution in [2.45, 2.75) is 24.5 Å². The Morgan fingerprint density at radius 2 is 1.95 bits per heavy atom. The van der Waals surface area contributed by atoms with Crippen LogP contribution in [0.4, 0.5) is 5.69 Å². The Labute approximate surface area is 122 Å². The normalized spacial score (nSPS) is 19.2. The molecule has 108 valence electrons. The Bertz CT molecular complexity index is 637. The summed E-state index contributed by atoms with van der Waals surface area (Å²) in [4.78, 5) is 11.1. The van der Waals surface area contributed by atoms with Crippen molar-refractivity contribution in [3.05, 3.63) is 40.9 Å². The van der Waals surface area contributed by atoms with Crippen LogP contribution in [0.1, 0.15) is 19.3 Å². The maximum Gasteiger partial charge on any atom is 0.332 e. The van der Waals surface area contributed by atoms with Gasteiger partial charge in [-0.15, -0.1) is 0 Å². The molecule has 0 aromatic heterocycles. The van der Waals surface area contributed by atoms with E-state index in [0.29, 0.717) is 30.0 Å². The third-order valence-electron chi connectivity index (χ3n) is 3.11. The van der Waals surface area contributed by atoms with Crippen LogP contribution in [0.25, 0.3) is 0 Å². The number of carbonyl (C=O) groups is 1. The molecule has 20 heavy (non-hydrogen) atoms. The Hall–Kier alpha value is -1.53. The van der Waals surface area contributed by atoms with Crippen molar-refractivity contribution in [3.63, 3.8) is 0 Å². The number of hydrogen-bond donors (Lipinski definition) is 2. The Morgan fingerprint density at radius 3 is 2.55 bits per heavy atom. The summed E-state index contributed by atoms with van der Waals surface area (Å²) < 4.78 is 27.0. The third kappa shape index (κ3) is 3.32. The molecule has 5 nitrogen and oxygen atoms in total. The minimum absolute atomic E-state index is 0.0577. The Kier molecular flexibility index (Phi) is 4.35. The van der Waals surface area contributed by atoms with Crippen LogP contribution >= 0.6 is 11.6 Å². The SMILES string of the molecule is O=C(O)C1=CCCCC1S(=O)(=O)Nc1ccc(Cl)cc1. The molecule has 0 saturated heterocycles. The first-order valence-corrected chi connectivity index (χ1v) is 8.03. The largest absolute Gasteiger partial charge is 0.478 e. The van der Waals surface area contributed by atoms with E-state index in [1.54, 1.807) is 12.1 Å². The van der Waals surface area contributed by atoms with E-state index in [2.05, 4.69) is 4.72 Å². The number of hydrogen-bond acceptors (Lipinski definition) is 3. The lowest BCUT2D eigenvalue weighted by molar-refractivity contribution is -0.132. The lowest BCUT2D eigenvalue weighted by atomic mass is 9.99. The van der Waals surface area contributed by atoms with Gasteiger partial charge in [0.05, 0.1) is 5.57 Å². The van der Waals surface area contributed by atoms with Crippen molar-refractivity contribution in [1.29, 1.82) is 0 Å². The molecule has 0 spiro atoms. The first-order valence-electron chi connectivity index (χ1n) is 6.11. The number of nitrogens with one attached hydrogen (secondary N) is 1. The molecule has 2 rings (SSSR count). The van der Waals surface area contributed by atoms with E-state index in [9.17, 15) is 13.2 Å². The number of carboxylic acids is 1. The summed E-state index contributed by atoms with van der Waals surface area (Å²) in [5.74, 6) is -1.18. The minimum Gasteiger partial charge on any atom is -0.478 e. The van der Waals surface area contributed by atoms with Crippen molar-refractivity contribution in [3.8, 4) is 0 Å². The predicted octanol–water partition coefficient (Wildman–Crippen LogP) is 2.65. The molecule has 0 saturated carbocycles. The van der Waals surface area contributed by atoms with E-state index < -0.39 is 21.2 Å².